The Labute approximate surface area is 230 Å². The van der Waals surface area contributed by atoms with E-state index in [1.165, 1.54) is 18.8 Å². The van der Waals surface area contributed by atoms with Gasteiger partial charge in [0.15, 0.2) is 12.5 Å². The van der Waals surface area contributed by atoms with Gasteiger partial charge in [-0.05, 0) is 37.5 Å². The van der Waals surface area contributed by atoms with Gasteiger partial charge in [0, 0.05) is 0 Å². The zero-order chi connectivity index (χ0) is 24.0. The van der Waals surface area contributed by atoms with Gasteiger partial charge in [0.05, 0.1) is 18.8 Å². The van der Waals surface area contributed by atoms with Crippen molar-refractivity contribution in [3.05, 3.63) is 37.0 Å². The van der Waals surface area contributed by atoms with Gasteiger partial charge in [-0.15, -0.1) is 0 Å². The van der Waals surface area contributed by atoms with Crippen LogP contribution in [0, 0.1) is 0 Å². The molecular weight excluding hydrogens is 669 g/mol. The van der Waals surface area contributed by atoms with Gasteiger partial charge in [-0.25, -0.2) is 0 Å². The molecule has 18 heteroatoms. The van der Waals surface area contributed by atoms with Crippen LogP contribution in [-0.4, -0.2) is 4.21 Å². The Morgan fingerprint density at radius 2 is 0.833 bits per heavy atom. The van der Waals surface area contributed by atoms with Crippen LogP contribution in [0.1, 0.15) is 40.0 Å². The molecule has 3 atom stereocenters. The molecule has 0 aromatic rings. The summed E-state index contributed by atoms with van der Waals surface area (Å²) in [6.45, 7) is 5.78. The van der Waals surface area contributed by atoms with Gasteiger partial charge in [-0.2, -0.15) is 4.21 Å². The van der Waals surface area contributed by atoms with Gasteiger partial charge in [0.25, 0.3) is 0 Å². The van der Waals surface area contributed by atoms with Crippen LogP contribution in [-0.2, 0) is 119 Å². The summed E-state index contributed by atoms with van der Waals surface area (Å²) >= 11 is 28.6. The number of hydrogen-bond acceptors (Lipinski definition) is 14. The van der Waals surface area contributed by atoms with Crippen molar-refractivity contribution in [3.8, 4) is 0 Å². The Hall–Kier alpha value is 2.21. The molecule has 0 aromatic heterocycles. The van der Waals surface area contributed by atoms with E-state index in [0.29, 0.717) is 0 Å². The van der Waals surface area contributed by atoms with Crippen LogP contribution in [0.2, 0.25) is 0 Å². The molecule has 0 aliphatic rings. The first-order chi connectivity index (χ1) is 13.2. The van der Waals surface area contributed by atoms with E-state index < -0.39 is 17.1 Å². The second-order valence-corrected chi connectivity index (χ2v) is 18.0. The van der Waals surface area contributed by atoms with Crippen LogP contribution >= 0.6 is 17.1 Å². The minimum absolute atomic E-state index is 0. The molecule has 0 aromatic carbocycles. The summed E-state index contributed by atoms with van der Waals surface area (Å²) in [5, 5.41) is 0. The molecule has 30 heavy (non-hydrogen) atoms. The van der Waals surface area contributed by atoms with E-state index >= 15 is 0 Å². The average Bonchev–Trinajstić information content (AvgIpc) is 2.55. The molecular formula is C12H21MoO7P3S7. The third kappa shape index (κ3) is 63.1. The van der Waals surface area contributed by atoms with Crippen molar-refractivity contribution in [1.29, 1.82) is 0 Å². The Morgan fingerprint density at radius 1 is 0.667 bits per heavy atom. The fourth-order valence-corrected chi connectivity index (χ4v) is 2.24. The third-order valence-electron chi connectivity index (χ3n) is 1.57. The number of hydrogen-bond donors (Lipinski definition) is 0. The zero-order valence-corrected chi connectivity index (χ0v) is 26.5. The van der Waals surface area contributed by atoms with Gasteiger partial charge >= 0.3 is 21.1 Å². The molecule has 0 bridgehead atoms. The van der Waals surface area contributed by atoms with E-state index in [0.717, 1.165) is 19.3 Å². The monoisotopic (exact) mass is 692 g/mol. The predicted molar refractivity (Wildman–Crippen MR) is 135 cm³/mol. The van der Waals surface area contributed by atoms with Crippen LogP contribution in [0.25, 0.3) is 0 Å². The van der Waals surface area contributed by atoms with Gasteiger partial charge in [-0.3, -0.25) is 0 Å². The summed E-state index contributed by atoms with van der Waals surface area (Å²) in [5.41, 5.74) is -9.35. The summed E-state index contributed by atoms with van der Waals surface area (Å²) in [7, 11) is 0. The van der Waals surface area contributed by atoms with Crippen LogP contribution in [0.15, 0.2) is 37.0 Å². The summed E-state index contributed by atoms with van der Waals surface area (Å²) in [6.07, 6.45) is 11.4. The fourth-order valence-electron chi connectivity index (χ4n) is 0.641. The summed E-state index contributed by atoms with van der Waals surface area (Å²) in [5.74, 6) is 0. The second-order valence-electron chi connectivity index (χ2n) is 4.00. The topological polar surface area (TPSA) is 114 Å². The number of allylic oxidation sites excluding steroid dienone is 3. The molecule has 0 rings (SSSR count). The first-order valence-corrected chi connectivity index (χ1v) is 18.7. The van der Waals surface area contributed by atoms with Gasteiger partial charge < -0.3 is 65.0 Å². The zero-order valence-electron chi connectivity index (χ0n) is 16.1. The van der Waals surface area contributed by atoms with E-state index in [2.05, 4.69) is 98.3 Å². The molecule has 0 saturated heterocycles. The minimum Gasteiger partial charge on any atom is -0.810 e. The van der Waals surface area contributed by atoms with Gasteiger partial charge in [0.1, 0.15) is 0 Å². The smallest absolute Gasteiger partial charge is 0.810 e. The van der Waals surface area contributed by atoms with Crippen molar-refractivity contribution >= 4 is 102 Å². The quantitative estimate of drug-likeness (QED) is 0.153. The van der Waals surface area contributed by atoms with Crippen LogP contribution in [0.4, 0.5) is 0 Å². The summed E-state index contributed by atoms with van der Waals surface area (Å²) in [4.78, 5) is 31.3. The molecule has 0 saturated carbocycles. The van der Waals surface area contributed by atoms with Crippen molar-refractivity contribution in [2.24, 2.45) is 0 Å². The molecule has 0 aliphatic carbocycles. The molecule has 174 valence electrons. The van der Waals surface area contributed by atoms with Crippen molar-refractivity contribution in [2.45, 2.75) is 40.0 Å². The maximum absolute atomic E-state index is 10.4. The second kappa shape index (κ2) is 27.5. The normalized spacial score (nSPS) is 16.0. The molecule has 7 nitrogen and oxygen atoms in total. The molecule has 0 fully saturated rings. The standard InChI is InChI=1S/3C4H9O2PS2.Mo.OS/c3*1-2-3-4-6-7(5,8)9;;1-2/h3*3-4H,2H2,1H3,(H2,5,8,9);;/q;;;+6;/p-6. The van der Waals surface area contributed by atoms with E-state index in [9.17, 15) is 14.7 Å². The van der Waals surface area contributed by atoms with E-state index in [4.69, 9.17) is 4.21 Å². The predicted octanol–water partition coefficient (Wildman–Crippen LogP) is 2.84. The molecule has 0 amide bonds. The average molecular weight is 691 g/mol. The summed E-state index contributed by atoms with van der Waals surface area (Å²) in [6, 6.07) is 0. The molecule has 0 spiro atoms. The minimum atomic E-state index is -3.12. The van der Waals surface area contributed by atoms with E-state index in [1.807, 2.05) is 20.8 Å². The van der Waals surface area contributed by atoms with Gasteiger partial charge in [0.2, 0.25) is 0 Å². The van der Waals surface area contributed by atoms with Crippen molar-refractivity contribution in [3.63, 3.8) is 0 Å². The molecule has 0 aliphatic heterocycles. The molecule has 3 unspecified atom stereocenters. The maximum Gasteiger partial charge on any atom is 6.00 e. The largest absolute Gasteiger partial charge is 6.00 e. The van der Waals surface area contributed by atoms with Crippen LogP contribution in [0.3, 0.4) is 0 Å². The Balaban J connectivity index is -0.0000000982. The van der Waals surface area contributed by atoms with Gasteiger partial charge in [-0.1, -0.05) is 73.3 Å². The summed E-state index contributed by atoms with van der Waals surface area (Å²) < 4.78 is 21.3. The Kier molecular flexibility index (Phi) is 38.8. The molecule has 0 N–H and O–H groups in total. The third-order valence-corrected chi connectivity index (χ3v) is 4.25. The van der Waals surface area contributed by atoms with Crippen molar-refractivity contribution in [1.82, 2.24) is 0 Å². The maximum atomic E-state index is 10.4. The van der Waals surface area contributed by atoms with Crippen LogP contribution < -0.4 is 14.7 Å². The van der Waals surface area contributed by atoms with Crippen molar-refractivity contribution in [2.75, 3.05) is 0 Å². The Bertz CT molecular complexity index is 524. The van der Waals surface area contributed by atoms with Crippen LogP contribution in [0.5, 0.6) is 0 Å². The first kappa shape index (κ1) is 42.4. The SMILES string of the molecule is CCC=COP([O-])(=S)[S-].CCC=COP([O-])(=S)[S-].CCC=COP([O-])(=S)[S-].O=S.[Mo+6]. The Morgan fingerprint density at radius 3 is 0.933 bits per heavy atom. The molecule has 0 radical (unpaired) electrons. The first-order valence-electron chi connectivity index (χ1n) is 7.41. The fraction of sp³-hybridized carbons (Fsp3) is 0.500. The number of rotatable bonds is 9. The van der Waals surface area contributed by atoms with Crippen molar-refractivity contribution < 1.29 is 53.5 Å². The van der Waals surface area contributed by atoms with E-state index in [1.54, 1.807) is 18.2 Å². The van der Waals surface area contributed by atoms with E-state index in [-0.39, 0.29) is 21.1 Å². The molecule has 0 heterocycles.